The van der Waals surface area contributed by atoms with Gasteiger partial charge in [0.2, 0.25) is 5.95 Å². The number of aromatic nitrogens is 6. The SMILES string of the molecule is c1ccc(-c2ccc(-c3nc(-c4ccccc4)nc(-n4c5ccccc5c5ccc6c7ccccc7n(-c7ccccc7-c7cc(-c8ccccc8)cc(-c8ccccc8)n7)c6c54)n3)cc2)cc1. The first kappa shape index (κ1) is 39.1. The van der Waals surface area contributed by atoms with Crippen LogP contribution in [0.15, 0.2) is 243 Å². The fourth-order valence-electron chi connectivity index (χ4n) is 9.82. The molecule has 6 nitrogen and oxygen atoms in total. The van der Waals surface area contributed by atoms with Gasteiger partial charge in [0.25, 0.3) is 0 Å². The maximum Gasteiger partial charge on any atom is 0.238 e. The van der Waals surface area contributed by atoms with Crippen molar-refractivity contribution in [1.82, 2.24) is 29.1 Å². The molecule has 0 unspecified atom stereocenters. The number of nitrogens with zero attached hydrogens (tertiary/aromatic N) is 6. The molecule has 0 aliphatic carbocycles. The molecule has 0 aliphatic rings. The van der Waals surface area contributed by atoms with Gasteiger partial charge >= 0.3 is 0 Å². The molecule has 68 heavy (non-hydrogen) atoms. The number of hydrogen-bond donors (Lipinski definition) is 0. The van der Waals surface area contributed by atoms with Crippen molar-refractivity contribution in [2.24, 2.45) is 0 Å². The summed E-state index contributed by atoms with van der Waals surface area (Å²) >= 11 is 0. The average molecular weight is 869 g/mol. The Kier molecular flexibility index (Phi) is 9.39. The van der Waals surface area contributed by atoms with E-state index in [4.69, 9.17) is 19.9 Å². The number of hydrogen-bond acceptors (Lipinski definition) is 4. The van der Waals surface area contributed by atoms with Crippen LogP contribution in [0.3, 0.4) is 0 Å². The van der Waals surface area contributed by atoms with Crippen LogP contribution in [0.25, 0.3) is 123 Å². The van der Waals surface area contributed by atoms with Crippen molar-refractivity contribution in [2.75, 3.05) is 0 Å². The molecule has 0 saturated heterocycles. The molecule has 9 aromatic carbocycles. The monoisotopic (exact) mass is 868 g/mol. The third-order valence-corrected chi connectivity index (χ3v) is 13.0. The van der Waals surface area contributed by atoms with Crippen LogP contribution in [0, 0.1) is 0 Å². The predicted molar refractivity (Wildman–Crippen MR) is 279 cm³/mol. The standard InChI is InChI=1S/C62H40N6/c1-5-19-41(20-6-1)43-33-35-46(36-34-43)61-64-60(45-25-11-4-12-26-45)65-62(66-61)68-56-31-17-14-28-49(56)51-38-37-50-48-27-13-16-30-55(48)67(58(50)59(51)68)57-32-18-15-29-52(57)54-40-47(42-21-7-2-8-22-42)39-53(63-54)44-23-9-3-10-24-44/h1-40H. The van der Waals surface area contributed by atoms with Crippen LogP contribution in [0.1, 0.15) is 0 Å². The van der Waals surface area contributed by atoms with Crippen molar-refractivity contribution in [3.8, 4) is 79.2 Å². The van der Waals surface area contributed by atoms with E-state index in [0.717, 1.165) is 105 Å². The van der Waals surface area contributed by atoms with Gasteiger partial charge in [-0.15, -0.1) is 0 Å². The summed E-state index contributed by atoms with van der Waals surface area (Å²) in [6.45, 7) is 0. The summed E-state index contributed by atoms with van der Waals surface area (Å²) in [5.41, 5.74) is 15.3. The highest BCUT2D eigenvalue weighted by molar-refractivity contribution is 6.24. The molecule has 4 aromatic heterocycles. The lowest BCUT2D eigenvalue weighted by Gasteiger charge is -2.17. The van der Waals surface area contributed by atoms with E-state index >= 15 is 0 Å². The second-order valence-corrected chi connectivity index (χ2v) is 17.0. The van der Waals surface area contributed by atoms with Crippen LogP contribution in [0.5, 0.6) is 0 Å². The first-order valence-electron chi connectivity index (χ1n) is 22.9. The van der Waals surface area contributed by atoms with Crippen molar-refractivity contribution < 1.29 is 0 Å². The van der Waals surface area contributed by atoms with Gasteiger partial charge in [0.15, 0.2) is 11.6 Å². The molecule has 0 bridgehead atoms. The van der Waals surface area contributed by atoms with E-state index in [1.165, 1.54) is 0 Å². The number of rotatable bonds is 8. The maximum absolute atomic E-state index is 5.45. The molecule has 318 valence electrons. The summed E-state index contributed by atoms with van der Waals surface area (Å²) in [5, 5.41) is 4.47. The Bertz CT molecular complexity index is 3930. The Hall–Kier alpha value is -9.26. The highest BCUT2D eigenvalue weighted by Crippen LogP contribution is 2.43. The quantitative estimate of drug-likeness (QED) is 0.153. The van der Waals surface area contributed by atoms with Gasteiger partial charge in [-0.3, -0.25) is 4.57 Å². The molecule has 0 spiro atoms. The Balaban J connectivity index is 1.10. The Morgan fingerprint density at radius 2 is 0.691 bits per heavy atom. The lowest BCUT2D eigenvalue weighted by molar-refractivity contribution is 0.953. The maximum atomic E-state index is 5.45. The van der Waals surface area contributed by atoms with E-state index in [1.807, 2.05) is 30.3 Å². The van der Waals surface area contributed by atoms with Gasteiger partial charge in [-0.25, -0.2) is 9.97 Å². The molecule has 13 aromatic rings. The average Bonchev–Trinajstić information content (AvgIpc) is 3.95. The van der Waals surface area contributed by atoms with Gasteiger partial charge in [0.1, 0.15) is 0 Å². The van der Waals surface area contributed by atoms with Crippen LogP contribution in [0.4, 0.5) is 0 Å². The zero-order valence-electron chi connectivity index (χ0n) is 36.8. The van der Waals surface area contributed by atoms with Crippen LogP contribution >= 0.6 is 0 Å². The molecular weight excluding hydrogens is 829 g/mol. The first-order valence-corrected chi connectivity index (χ1v) is 22.9. The van der Waals surface area contributed by atoms with E-state index in [2.05, 4.69) is 221 Å². The van der Waals surface area contributed by atoms with Crippen molar-refractivity contribution in [3.05, 3.63) is 243 Å². The zero-order chi connectivity index (χ0) is 45.0. The third-order valence-electron chi connectivity index (χ3n) is 13.0. The lowest BCUT2D eigenvalue weighted by atomic mass is 9.99. The van der Waals surface area contributed by atoms with Crippen molar-refractivity contribution in [3.63, 3.8) is 0 Å². The minimum Gasteiger partial charge on any atom is -0.306 e. The highest BCUT2D eigenvalue weighted by atomic mass is 15.2. The summed E-state index contributed by atoms with van der Waals surface area (Å²) in [5.74, 6) is 1.73. The second kappa shape index (κ2) is 16.3. The molecule has 0 saturated carbocycles. The molecule has 6 heteroatoms. The summed E-state index contributed by atoms with van der Waals surface area (Å²) in [6, 6.07) is 85.1. The topological polar surface area (TPSA) is 61.4 Å². The molecule has 0 amide bonds. The lowest BCUT2D eigenvalue weighted by Crippen LogP contribution is -2.07. The molecule has 0 aliphatic heterocycles. The van der Waals surface area contributed by atoms with Gasteiger partial charge in [0, 0.05) is 43.8 Å². The molecule has 0 atom stereocenters. The second-order valence-electron chi connectivity index (χ2n) is 17.0. The Morgan fingerprint density at radius 3 is 1.31 bits per heavy atom. The van der Waals surface area contributed by atoms with E-state index in [0.29, 0.717) is 17.6 Å². The van der Waals surface area contributed by atoms with Gasteiger partial charge in [0.05, 0.1) is 39.1 Å². The largest absolute Gasteiger partial charge is 0.306 e. The van der Waals surface area contributed by atoms with Crippen LogP contribution in [0.2, 0.25) is 0 Å². The van der Waals surface area contributed by atoms with Gasteiger partial charge < -0.3 is 4.57 Å². The minimum absolute atomic E-state index is 0.537. The summed E-state index contributed by atoms with van der Waals surface area (Å²) in [4.78, 5) is 21.4. The summed E-state index contributed by atoms with van der Waals surface area (Å²) in [6.07, 6.45) is 0. The Morgan fingerprint density at radius 1 is 0.265 bits per heavy atom. The van der Waals surface area contributed by atoms with Crippen molar-refractivity contribution >= 4 is 43.6 Å². The molecule has 4 heterocycles. The fourth-order valence-corrected chi connectivity index (χ4v) is 9.82. The smallest absolute Gasteiger partial charge is 0.238 e. The molecular formula is C62H40N6. The Labute approximate surface area is 392 Å². The highest BCUT2D eigenvalue weighted by Gasteiger charge is 2.25. The van der Waals surface area contributed by atoms with Gasteiger partial charge in [-0.05, 0) is 52.6 Å². The molecule has 0 radical (unpaired) electrons. The van der Waals surface area contributed by atoms with E-state index in [-0.39, 0.29) is 0 Å². The fraction of sp³-hybridized carbons (Fsp3) is 0. The summed E-state index contributed by atoms with van der Waals surface area (Å²) < 4.78 is 4.68. The molecule has 0 N–H and O–H groups in total. The van der Waals surface area contributed by atoms with Gasteiger partial charge in [-0.2, -0.15) is 9.97 Å². The number of para-hydroxylation sites is 3. The van der Waals surface area contributed by atoms with Gasteiger partial charge in [-0.1, -0.05) is 212 Å². The summed E-state index contributed by atoms with van der Waals surface area (Å²) in [7, 11) is 0. The normalized spacial score (nSPS) is 11.5. The number of benzene rings is 9. The van der Waals surface area contributed by atoms with E-state index in [9.17, 15) is 0 Å². The van der Waals surface area contributed by atoms with Crippen LogP contribution in [-0.4, -0.2) is 29.1 Å². The number of pyridine rings is 1. The third kappa shape index (κ3) is 6.66. The van der Waals surface area contributed by atoms with Crippen LogP contribution < -0.4 is 0 Å². The number of fused-ring (bicyclic) bond motifs is 7. The van der Waals surface area contributed by atoms with Crippen molar-refractivity contribution in [2.45, 2.75) is 0 Å². The molecule has 0 fully saturated rings. The van der Waals surface area contributed by atoms with E-state index in [1.54, 1.807) is 0 Å². The molecule has 13 rings (SSSR count). The van der Waals surface area contributed by atoms with Crippen LogP contribution in [-0.2, 0) is 0 Å². The van der Waals surface area contributed by atoms with Crippen molar-refractivity contribution in [1.29, 1.82) is 0 Å². The zero-order valence-corrected chi connectivity index (χ0v) is 36.8. The first-order chi connectivity index (χ1) is 33.7. The minimum atomic E-state index is 0.537. The van der Waals surface area contributed by atoms with E-state index < -0.39 is 0 Å². The predicted octanol–water partition coefficient (Wildman–Crippen LogP) is 15.5.